The lowest BCUT2D eigenvalue weighted by Crippen LogP contribution is -2.45. The second kappa shape index (κ2) is 5.93. The van der Waals surface area contributed by atoms with E-state index < -0.39 is 0 Å². The van der Waals surface area contributed by atoms with E-state index in [1.54, 1.807) is 12.1 Å². The molecule has 1 aromatic rings. The Morgan fingerprint density at radius 1 is 1.65 bits per heavy atom. The lowest BCUT2D eigenvalue weighted by Gasteiger charge is -2.31. The van der Waals surface area contributed by atoms with Crippen molar-refractivity contribution in [2.75, 3.05) is 32.8 Å². The number of ketones is 1. The Morgan fingerprint density at radius 2 is 2.47 bits per heavy atom. The first-order chi connectivity index (χ1) is 8.19. The SMILES string of the molecule is O=C(CN1CCOC(CO)C1)c1ccc(Cl)s1. The average Bonchev–Trinajstić information content (AvgIpc) is 2.76. The number of ether oxygens (including phenoxy) is 1. The number of hydrogen-bond acceptors (Lipinski definition) is 5. The third-order valence-corrected chi connectivity index (χ3v) is 3.91. The summed E-state index contributed by atoms with van der Waals surface area (Å²) in [5.41, 5.74) is 0. The Labute approximate surface area is 109 Å². The van der Waals surface area contributed by atoms with E-state index in [4.69, 9.17) is 21.4 Å². The van der Waals surface area contributed by atoms with Crippen LogP contribution in [0.4, 0.5) is 0 Å². The minimum Gasteiger partial charge on any atom is -0.394 e. The summed E-state index contributed by atoms with van der Waals surface area (Å²) in [6, 6.07) is 3.48. The Kier molecular flexibility index (Phi) is 4.53. The highest BCUT2D eigenvalue weighted by Crippen LogP contribution is 2.22. The van der Waals surface area contributed by atoms with E-state index >= 15 is 0 Å². The molecule has 17 heavy (non-hydrogen) atoms. The van der Waals surface area contributed by atoms with Crippen molar-refractivity contribution < 1.29 is 14.6 Å². The number of Topliss-reactive ketones (excluding diaryl/α,β-unsaturated/α-hetero) is 1. The lowest BCUT2D eigenvalue weighted by molar-refractivity contribution is -0.0503. The summed E-state index contributed by atoms with van der Waals surface area (Å²) in [4.78, 5) is 14.6. The minimum absolute atomic E-state index is 0.00444. The molecule has 6 heteroatoms. The van der Waals surface area contributed by atoms with Crippen LogP contribution in [-0.4, -0.2) is 54.7 Å². The van der Waals surface area contributed by atoms with Gasteiger partial charge in [0.2, 0.25) is 0 Å². The van der Waals surface area contributed by atoms with Crippen molar-refractivity contribution in [3.05, 3.63) is 21.3 Å². The van der Waals surface area contributed by atoms with Crippen molar-refractivity contribution in [1.29, 1.82) is 0 Å². The van der Waals surface area contributed by atoms with Crippen molar-refractivity contribution in [2.24, 2.45) is 0 Å². The van der Waals surface area contributed by atoms with Crippen LogP contribution in [0, 0.1) is 0 Å². The molecule has 1 saturated heterocycles. The second-order valence-corrected chi connectivity index (χ2v) is 5.65. The van der Waals surface area contributed by atoms with Gasteiger partial charge in [-0.3, -0.25) is 9.69 Å². The molecule has 0 aliphatic carbocycles. The molecule has 2 rings (SSSR count). The molecule has 1 unspecified atom stereocenters. The topological polar surface area (TPSA) is 49.8 Å². The Hall–Kier alpha value is -0.460. The molecule has 0 amide bonds. The molecular formula is C11H14ClNO3S. The number of rotatable bonds is 4. The number of aliphatic hydroxyl groups excluding tert-OH is 1. The summed E-state index contributed by atoms with van der Waals surface area (Å²) in [5, 5.41) is 9.01. The molecule has 1 fully saturated rings. The van der Waals surface area contributed by atoms with Gasteiger partial charge in [-0.05, 0) is 12.1 Å². The molecule has 4 nitrogen and oxygen atoms in total. The van der Waals surface area contributed by atoms with Gasteiger partial charge in [0.15, 0.2) is 5.78 Å². The molecule has 1 aromatic heterocycles. The van der Waals surface area contributed by atoms with E-state index in [0.717, 1.165) is 6.54 Å². The van der Waals surface area contributed by atoms with Crippen molar-refractivity contribution in [3.8, 4) is 0 Å². The Morgan fingerprint density at radius 3 is 3.12 bits per heavy atom. The van der Waals surface area contributed by atoms with Gasteiger partial charge in [0, 0.05) is 13.1 Å². The highest BCUT2D eigenvalue weighted by atomic mass is 35.5. The summed E-state index contributed by atoms with van der Waals surface area (Å²) < 4.78 is 5.96. The third kappa shape index (κ3) is 3.50. The lowest BCUT2D eigenvalue weighted by atomic mass is 10.2. The van der Waals surface area contributed by atoms with Gasteiger partial charge in [0.1, 0.15) is 0 Å². The first-order valence-electron chi connectivity index (χ1n) is 5.42. The highest BCUT2D eigenvalue weighted by molar-refractivity contribution is 7.18. The van der Waals surface area contributed by atoms with Gasteiger partial charge in [-0.1, -0.05) is 11.6 Å². The number of carbonyl (C=O) groups excluding carboxylic acids is 1. The van der Waals surface area contributed by atoms with E-state index in [-0.39, 0.29) is 18.5 Å². The maximum atomic E-state index is 11.9. The van der Waals surface area contributed by atoms with E-state index in [1.165, 1.54) is 11.3 Å². The minimum atomic E-state index is -0.177. The van der Waals surface area contributed by atoms with Gasteiger partial charge in [0.25, 0.3) is 0 Å². The van der Waals surface area contributed by atoms with Gasteiger partial charge in [-0.25, -0.2) is 0 Å². The summed E-state index contributed by atoms with van der Waals surface area (Å²) in [5.74, 6) is 0.0699. The summed E-state index contributed by atoms with van der Waals surface area (Å²) in [7, 11) is 0. The number of thiophene rings is 1. The zero-order valence-corrected chi connectivity index (χ0v) is 10.8. The molecule has 2 heterocycles. The summed E-state index contributed by atoms with van der Waals surface area (Å²) in [6.45, 7) is 2.23. The fourth-order valence-corrected chi connectivity index (χ4v) is 2.75. The first-order valence-corrected chi connectivity index (χ1v) is 6.62. The van der Waals surface area contributed by atoms with Crippen LogP contribution >= 0.6 is 22.9 Å². The predicted octanol–water partition coefficient (Wildman–Crippen LogP) is 1.28. The Balaban J connectivity index is 1.90. The fraction of sp³-hybridized carbons (Fsp3) is 0.545. The van der Waals surface area contributed by atoms with Crippen LogP contribution in [0.2, 0.25) is 4.34 Å². The highest BCUT2D eigenvalue weighted by Gasteiger charge is 2.22. The summed E-state index contributed by atoms with van der Waals surface area (Å²) >= 11 is 7.09. The molecular weight excluding hydrogens is 262 g/mol. The number of morpholine rings is 1. The van der Waals surface area contributed by atoms with Crippen LogP contribution in [0.15, 0.2) is 12.1 Å². The van der Waals surface area contributed by atoms with E-state index in [1.807, 2.05) is 4.90 Å². The largest absolute Gasteiger partial charge is 0.394 e. The van der Waals surface area contributed by atoms with Gasteiger partial charge >= 0.3 is 0 Å². The standard InChI is InChI=1S/C11H14ClNO3S/c12-11-2-1-10(17-11)9(15)6-13-3-4-16-8(5-13)7-14/h1-2,8,14H,3-7H2. The smallest absolute Gasteiger partial charge is 0.186 e. The van der Waals surface area contributed by atoms with E-state index in [0.29, 0.717) is 28.9 Å². The summed E-state index contributed by atoms with van der Waals surface area (Å²) in [6.07, 6.45) is -0.177. The molecule has 94 valence electrons. The van der Waals surface area contributed by atoms with E-state index in [9.17, 15) is 4.79 Å². The predicted molar refractivity (Wildman–Crippen MR) is 66.9 cm³/mol. The molecule has 1 atom stereocenters. The third-order valence-electron chi connectivity index (χ3n) is 2.64. The number of aliphatic hydroxyl groups is 1. The molecule has 0 aromatic carbocycles. The van der Waals surface area contributed by atoms with Gasteiger partial charge in [-0.2, -0.15) is 0 Å². The Bertz CT molecular complexity index is 396. The molecule has 0 saturated carbocycles. The monoisotopic (exact) mass is 275 g/mol. The number of carbonyl (C=O) groups is 1. The van der Waals surface area contributed by atoms with Crippen LogP contribution in [0.5, 0.6) is 0 Å². The van der Waals surface area contributed by atoms with Crippen LogP contribution in [0.3, 0.4) is 0 Å². The van der Waals surface area contributed by atoms with Crippen molar-refractivity contribution >= 4 is 28.7 Å². The fourth-order valence-electron chi connectivity index (χ4n) is 1.78. The second-order valence-electron chi connectivity index (χ2n) is 3.94. The van der Waals surface area contributed by atoms with E-state index in [2.05, 4.69) is 0 Å². The van der Waals surface area contributed by atoms with Crippen molar-refractivity contribution in [1.82, 2.24) is 4.90 Å². The van der Waals surface area contributed by atoms with Crippen LogP contribution in [0.25, 0.3) is 0 Å². The zero-order chi connectivity index (χ0) is 12.3. The number of nitrogens with zero attached hydrogens (tertiary/aromatic N) is 1. The quantitative estimate of drug-likeness (QED) is 0.841. The van der Waals surface area contributed by atoms with Crippen LogP contribution < -0.4 is 0 Å². The zero-order valence-electron chi connectivity index (χ0n) is 9.26. The van der Waals surface area contributed by atoms with Gasteiger partial charge in [-0.15, -0.1) is 11.3 Å². The molecule has 0 radical (unpaired) electrons. The normalized spacial score (nSPS) is 21.6. The average molecular weight is 276 g/mol. The number of hydrogen-bond donors (Lipinski definition) is 1. The van der Waals surface area contributed by atoms with Gasteiger partial charge in [0.05, 0.1) is 35.1 Å². The van der Waals surface area contributed by atoms with Crippen molar-refractivity contribution in [3.63, 3.8) is 0 Å². The number of halogens is 1. The van der Waals surface area contributed by atoms with Gasteiger partial charge < -0.3 is 9.84 Å². The molecule has 1 aliphatic rings. The molecule has 0 spiro atoms. The first kappa shape index (κ1) is 13.0. The van der Waals surface area contributed by atoms with Crippen LogP contribution in [0.1, 0.15) is 9.67 Å². The van der Waals surface area contributed by atoms with Crippen molar-refractivity contribution in [2.45, 2.75) is 6.10 Å². The molecule has 1 N–H and O–H groups in total. The molecule has 1 aliphatic heterocycles. The maximum absolute atomic E-state index is 11.9. The van der Waals surface area contributed by atoms with Crippen LogP contribution in [-0.2, 0) is 4.74 Å². The molecule has 0 bridgehead atoms. The maximum Gasteiger partial charge on any atom is 0.186 e.